The number of carbonyl (C=O) groups excluding carboxylic acids is 2. The Morgan fingerprint density at radius 2 is 1.70 bits per heavy atom. The fourth-order valence-corrected chi connectivity index (χ4v) is 3.22. The Morgan fingerprint density at radius 3 is 2.22 bits per heavy atom. The summed E-state index contributed by atoms with van der Waals surface area (Å²) in [6, 6.07) is 4.59. The van der Waals surface area contributed by atoms with E-state index in [4.69, 9.17) is 0 Å². The summed E-state index contributed by atoms with van der Waals surface area (Å²) in [6.45, 7) is 6.94. The molecule has 0 bridgehead atoms. The molecule has 0 spiro atoms. The van der Waals surface area contributed by atoms with Crippen molar-refractivity contribution in [2.75, 3.05) is 6.54 Å². The van der Waals surface area contributed by atoms with Crippen LogP contribution in [0.1, 0.15) is 41.7 Å². The zero-order valence-corrected chi connectivity index (χ0v) is 16.1. The second kappa shape index (κ2) is 7.67. The fourth-order valence-electron chi connectivity index (χ4n) is 2.24. The Labute approximate surface area is 159 Å². The van der Waals surface area contributed by atoms with E-state index >= 15 is 0 Å². The molecule has 2 rings (SSSR count). The number of hydrogen-bond donors (Lipinski definition) is 2. The van der Waals surface area contributed by atoms with E-state index < -0.39 is 23.2 Å². The predicted molar refractivity (Wildman–Crippen MR) is 97.5 cm³/mol. The summed E-state index contributed by atoms with van der Waals surface area (Å²) in [4.78, 5) is 28.7. The molecule has 27 heavy (non-hydrogen) atoms. The summed E-state index contributed by atoms with van der Waals surface area (Å²) in [5.74, 6) is -0.770. The molecule has 0 saturated carbocycles. The summed E-state index contributed by atoms with van der Waals surface area (Å²) in [7, 11) is 0. The zero-order chi connectivity index (χ0) is 20.4. The van der Waals surface area contributed by atoms with Crippen molar-refractivity contribution >= 4 is 23.2 Å². The van der Waals surface area contributed by atoms with Crippen molar-refractivity contribution in [3.8, 4) is 10.6 Å². The largest absolute Gasteiger partial charge is 0.416 e. The molecule has 0 aliphatic rings. The van der Waals surface area contributed by atoms with Gasteiger partial charge in [-0.3, -0.25) is 9.59 Å². The zero-order valence-electron chi connectivity index (χ0n) is 15.3. The van der Waals surface area contributed by atoms with Gasteiger partial charge < -0.3 is 10.6 Å². The third kappa shape index (κ3) is 5.78. The summed E-state index contributed by atoms with van der Waals surface area (Å²) in [5, 5.41) is 5.69. The van der Waals surface area contributed by atoms with Crippen LogP contribution in [0.3, 0.4) is 0 Å². The maximum Gasteiger partial charge on any atom is 0.416 e. The number of halogens is 3. The van der Waals surface area contributed by atoms with Crippen LogP contribution < -0.4 is 10.6 Å². The van der Waals surface area contributed by atoms with Crippen LogP contribution in [-0.4, -0.2) is 28.9 Å². The van der Waals surface area contributed by atoms with Crippen LogP contribution in [0.15, 0.2) is 24.3 Å². The van der Waals surface area contributed by atoms with Crippen LogP contribution in [0.5, 0.6) is 0 Å². The molecular weight excluding hydrogens is 379 g/mol. The highest BCUT2D eigenvalue weighted by Gasteiger charge is 2.30. The number of nitrogens with one attached hydrogen (secondary N) is 2. The third-order valence-corrected chi connectivity index (χ3v) is 4.59. The van der Waals surface area contributed by atoms with Crippen molar-refractivity contribution < 1.29 is 22.8 Å². The van der Waals surface area contributed by atoms with Gasteiger partial charge in [0.15, 0.2) is 0 Å². The molecule has 0 aliphatic carbocycles. The van der Waals surface area contributed by atoms with Gasteiger partial charge in [0.1, 0.15) is 9.88 Å². The van der Waals surface area contributed by atoms with E-state index in [1.165, 1.54) is 12.1 Å². The Kier molecular flexibility index (Phi) is 5.94. The summed E-state index contributed by atoms with van der Waals surface area (Å²) >= 11 is 1.06. The van der Waals surface area contributed by atoms with Crippen LogP contribution in [-0.2, 0) is 11.0 Å². The lowest BCUT2D eigenvalue weighted by molar-refractivity contribution is -0.137. The van der Waals surface area contributed by atoms with Crippen LogP contribution in [0, 0.1) is 6.92 Å². The predicted octanol–water partition coefficient (Wildman–Crippen LogP) is 3.78. The van der Waals surface area contributed by atoms with Gasteiger partial charge in [-0.2, -0.15) is 13.2 Å². The number of benzene rings is 1. The standard InChI is InChI=1S/C18H20F3N3O2S/c1-10-14(15(26)22-9-13(25)24-17(2,3)4)27-16(23-10)11-5-7-12(8-6-11)18(19,20)21/h5-8H,9H2,1-4H3,(H,22,26)(H,24,25). The highest BCUT2D eigenvalue weighted by molar-refractivity contribution is 7.17. The first-order chi connectivity index (χ1) is 12.4. The Bertz CT molecular complexity index is 837. The highest BCUT2D eigenvalue weighted by atomic mass is 32.1. The quantitative estimate of drug-likeness (QED) is 0.822. The molecule has 2 aromatic rings. The minimum Gasteiger partial charge on any atom is -0.350 e. The van der Waals surface area contributed by atoms with Gasteiger partial charge in [-0.1, -0.05) is 12.1 Å². The van der Waals surface area contributed by atoms with E-state index in [1.54, 1.807) is 6.92 Å². The lowest BCUT2D eigenvalue weighted by atomic mass is 10.1. The molecule has 1 heterocycles. The molecule has 0 saturated heterocycles. The number of carbonyl (C=O) groups is 2. The number of nitrogens with zero attached hydrogens (tertiary/aromatic N) is 1. The molecule has 0 atom stereocenters. The van der Waals surface area contributed by atoms with Crippen LogP contribution >= 0.6 is 11.3 Å². The summed E-state index contributed by atoms with van der Waals surface area (Å²) in [5.41, 5.74) is -0.218. The van der Waals surface area contributed by atoms with Gasteiger partial charge >= 0.3 is 6.18 Å². The first-order valence-electron chi connectivity index (χ1n) is 8.11. The van der Waals surface area contributed by atoms with Gasteiger partial charge in [0.25, 0.3) is 5.91 Å². The molecule has 0 aliphatic heterocycles. The van der Waals surface area contributed by atoms with Crippen molar-refractivity contribution in [2.45, 2.75) is 39.4 Å². The van der Waals surface area contributed by atoms with Gasteiger partial charge in [0, 0.05) is 11.1 Å². The third-order valence-electron chi connectivity index (χ3n) is 3.39. The molecule has 9 heteroatoms. The molecule has 0 fully saturated rings. The van der Waals surface area contributed by atoms with Gasteiger partial charge in [-0.05, 0) is 39.8 Å². The van der Waals surface area contributed by atoms with E-state index in [1.807, 2.05) is 20.8 Å². The number of aromatic nitrogens is 1. The molecule has 146 valence electrons. The van der Waals surface area contributed by atoms with Crippen molar-refractivity contribution in [2.24, 2.45) is 0 Å². The van der Waals surface area contributed by atoms with Crippen molar-refractivity contribution in [1.29, 1.82) is 0 Å². The van der Waals surface area contributed by atoms with Crippen LogP contribution in [0.4, 0.5) is 13.2 Å². The van der Waals surface area contributed by atoms with Gasteiger partial charge in [0.05, 0.1) is 17.8 Å². The second-order valence-corrected chi connectivity index (χ2v) is 7.99. The van der Waals surface area contributed by atoms with Crippen molar-refractivity contribution in [3.05, 3.63) is 40.4 Å². The molecule has 0 radical (unpaired) electrons. The Morgan fingerprint density at radius 1 is 1.11 bits per heavy atom. The number of thiazole rings is 1. The first-order valence-corrected chi connectivity index (χ1v) is 8.93. The first kappa shape index (κ1) is 20.9. The average Bonchev–Trinajstić information content (AvgIpc) is 2.92. The summed E-state index contributed by atoms with van der Waals surface area (Å²) in [6.07, 6.45) is -4.41. The van der Waals surface area contributed by atoms with Crippen LogP contribution in [0.25, 0.3) is 10.6 Å². The number of rotatable bonds is 4. The Balaban J connectivity index is 2.09. The number of hydrogen-bond acceptors (Lipinski definition) is 4. The lowest BCUT2D eigenvalue weighted by Crippen LogP contribution is -2.45. The SMILES string of the molecule is Cc1nc(-c2ccc(C(F)(F)F)cc2)sc1C(=O)NCC(=O)NC(C)(C)C. The second-order valence-electron chi connectivity index (χ2n) is 6.99. The van der Waals surface area contributed by atoms with Gasteiger partial charge in [0.2, 0.25) is 5.91 Å². The molecule has 2 amide bonds. The minimum atomic E-state index is -4.41. The minimum absolute atomic E-state index is 0.178. The molecule has 2 N–H and O–H groups in total. The lowest BCUT2D eigenvalue weighted by Gasteiger charge is -2.20. The van der Waals surface area contributed by atoms with Gasteiger partial charge in [-0.25, -0.2) is 4.98 Å². The van der Waals surface area contributed by atoms with E-state index in [0.29, 0.717) is 21.1 Å². The molecule has 0 unspecified atom stereocenters. The molecule has 1 aromatic carbocycles. The Hall–Kier alpha value is -2.42. The normalized spacial score (nSPS) is 12.0. The number of amides is 2. The van der Waals surface area contributed by atoms with E-state index in [0.717, 1.165) is 23.5 Å². The van der Waals surface area contributed by atoms with Crippen molar-refractivity contribution in [3.63, 3.8) is 0 Å². The van der Waals surface area contributed by atoms with Gasteiger partial charge in [-0.15, -0.1) is 11.3 Å². The maximum atomic E-state index is 12.7. The number of aryl methyl sites for hydroxylation is 1. The molecule has 5 nitrogen and oxygen atoms in total. The highest BCUT2D eigenvalue weighted by Crippen LogP contribution is 2.32. The monoisotopic (exact) mass is 399 g/mol. The average molecular weight is 399 g/mol. The smallest absolute Gasteiger partial charge is 0.350 e. The van der Waals surface area contributed by atoms with E-state index in [2.05, 4.69) is 15.6 Å². The van der Waals surface area contributed by atoms with E-state index in [-0.39, 0.29) is 12.5 Å². The van der Waals surface area contributed by atoms with Crippen LogP contribution in [0.2, 0.25) is 0 Å². The number of alkyl halides is 3. The topological polar surface area (TPSA) is 71.1 Å². The fraction of sp³-hybridized carbons (Fsp3) is 0.389. The molecular formula is C18H20F3N3O2S. The van der Waals surface area contributed by atoms with Crippen molar-refractivity contribution in [1.82, 2.24) is 15.6 Å². The molecule has 1 aromatic heterocycles. The van der Waals surface area contributed by atoms with E-state index in [9.17, 15) is 22.8 Å². The summed E-state index contributed by atoms with van der Waals surface area (Å²) < 4.78 is 38.0. The maximum absolute atomic E-state index is 12.7.